The molecule has 1 aromatic carbocycles. The van der Waals surface area contributed by atoms with Gasteiger partial charge in [-0.25, -0.2) is 0 Å². The van der Waals surface area contributed by atoms with Crippen LogP contribution in [0.4, 0.5) is 0 Å². The molecular formula is C18H24N2O2. The molecule has 2 aliphatic heterocycles. The summed E-state index contributed by atoms with van der Waals surface area (Å²) in [6.45, 7) is 3.59. The normalized spacial score (nSPS) is 25.6. The molecule has 2 amide bonds. The SMILES string of the molecule is Cc1cccc(C2CCCN2C(=O)C2CCN(C)C(=O)C2)c1. The Bertz CT molecular complexity index is 584. The number of piperidine rings is 1. The highest BCUT2D eigenvalue weighted by Crippen LogP contribution is 2.34. The van der Waals surface area contributed by atoms with Gasteiger partial charge in [0, 0.05) is 32.5 Å². The molecule has 2 heterocycles. The molecule has 2 aliphatic rings. The lowest BCUT2D eigenvalue weighted by molar-refractivity contribution is -0.145. The Morgan fingerprint density at radius 3 is 2.77 bits per heavy atom. The minimum absolute atomic E-state index is 0.0934. The van der Waals surface area contributed by atoms with Crippen molar-refractivity contribution in [2.45, 2.75) is 38.6 Å². The van der Waals surface area contributed by atoms with Crippen LogP contribution in [-0.4, -0.2) is 41.8 Å². The number of nitrogens with zero attached hydrogens (tertiary/aromatic N) is 2. The first-order valence-corrected chi connectivity index (χ1v) is 8.17. The Hall–Kier alpha value is -1.84. The lowest BCUT2D eigenvalue weighted by Crippen LogP contribution is -2.43. The third-order valence-electron chi connectivity index (χ3n) is 4.97. The summed E-state index contributed by atoms with van der Waals surface area (Å²) in [6, 6.07) is 8.62. The lowest BCUT2D eigenvalue weighted by atomic mass is 9.94. The van der Waals surface area contributed by atoms with E-state index < -0.39 is 0 Å². The van der Waals surface area contributed by atoms with Gasteiger partial charge in [0.15, 0.2) is 0 Å². The summed E-state index contributed by atoms with van der Waals surface area (Å²) >= 11 is 0. The van der Waals surface area contributed by atoms with E-state index in [0.717, 1.165) is 25.8 Å². The second-order valence-electron chi connectivity index (χ2n) is 6.61. The molecule has 22 heavy (non-hydrogen) atoms. The molecule has 0 saturated carbocycles. The predicted octanol–water partition coefficient (Wildman–Crippen LogP) is 2.53. The van der Waals surface area contributed by atoms with E-state index in [0.29, 0.717) is 13.0 Å². The number of carbonyl (C=O) groups is 2. The predicted molar refractivity (Wildman–Crippen MR) is 85.2 cm³/mol. The highest BCUT2D eigenvalue weighted by atomic mass is 16.2. The van der Waals surface area contributed by atoms with E-state index in [1.54, 1.807) is 4.90 Å². The molecular weight excluding hydrogens is 276 g/mol. The van der Waals surface area contributed by atoms with Gasteiger partial charge in [-0.05, 0) is 31.7 Å². The number of likely N-dealkylation sites (tertiary alicyclic amines) is 2. The van der Waals surface area contributed by atoms with Crippen LogP contribution in [0.2, 0.25) is 0 Å². The monoisotopic (exact) mass is 300 g/mol. The number of hydrogen-bond donors (Lipinski definition) is 0. The van der Waals surface area contributed by atoms with Gasteiger partial charge in [-0.15, -0.1) is 0 Å². The number of hydrogen-bond acceptors (Lipinski definition) is 2. The first-order valence-electron chi connectivity index (χ1n) is 8.17. The van der Waals surface area contributed by atoms with Crippen molar-refractivity contribution in [3.63, 3.8) is 0 Å². The van der Waals surface area contributed by atoms with E-state index >= 15 is 0 Å². The van der Waals surface area contributed by atoms with Gasteiger partial charge < -0.3 is 9.80 Å². The van der Waals surface area contributed by atoms with Crippen molar-refractivity contribution >= 4 is 11.8 Å². The van der Waals surface area contributed by atoms with Crippen LogP contribution in [0.3, 0.4) is 0 Å². The zero-order chi connectivity index (χ0) is 15.7. The van der Waals surface area contributed by atoms with Crippen molar-refractivity contribution in [1.29, 1.82) is 0 Å². The second kappa shape index (κ2) is 6.11. The van der Waals surface area contributed by atoms with Crippen LogP contribution >= 0.6 is 0 Å². The molecule has 4 nitrogen and oxygen atoms in total. The summed E-state index contributed by atoms with van der Waals surface area (Å²) in [6.07, 6.45) is 3.23. The Labute approximate surface area is 132 Å². The van der Waals surface area contributed by atoms with Crippen molar-refractivity contribution in [3.05, 3.63) is 35.4 Å². The largest absolute Gasteiger partial charge is 0.346 e. The maximum absolute atomic E-state index is 12.9. The molecule has 2 atom stereocenters. The Morgan fingerprint density at radius 1 is 1.23 bits per heavy atom. The van der Waals surface area contributed by atoms with Gasteiger partial charge in [-0.3, -0.25) is 9.59 Å². The van der Waals surface area contributed by atoms with Crippen LogP contribution in [0.25, 0.3) is 0 Å². The summed E-state index contributed by atoms with van der Waals surface area (Å²) in [7, 11) is 1.81. The van der Waals surface area contributed by atoms with Crippen LogP contribution in [0.1, 0.15) is 42.9 Å². The zero-order valence-corrected chi connectivity index (χ0v) is 13.4. The first-order chi connectivity index (χ1) is 10.6. The molecule has 3 rings (SSSR count). The number of amides is 2. The average molecular weight is 300 g/mol. The highest BCUT2D eigenvalue weighted by molar-refractivity contribution is 5.87. The quantitative estimate of drug-likeness (QED) is 0.842. The Kier molecular flexibility index (Phi) is 4.19. The van der Waals surface area contributed by atoms with Crippen LogP contribution < -0.4 is 0 Å². The van der Waals surface area contributed by atoms with Gasteiger partial charge in [-0.1, -0.05) is 29.8 Å². The fraction of sp³-hybridized carbons (Fsp3) is 0.556. The van der Waals surface area contributed by atoms with Crippen molar-refractivity contribution in [2.75, 3.05) is 20.1 Å². The second-order valence-corrected chi connectivity index (χ2v) is 6.61. The van der Waals surface area contributed by atoms with Crippen LogP contribution in [0.5, 0.6) is 0 Å². The summed E-state index contributed by atoms with van der Waals surface area (Å²) in [5.41, 5.74) is 2.45. The van der Waals surface area contributed by atoms with Gasteiger partial charge in [-0.2, -0.15) is 0 Å². The van der Waals surface area contributed by atoms with Gasteiger partial charge >= 0.3 is 0 Å². The van der Waals surface area contributed by atoms with Gasteiger partial charge in [0.05, 0.1) is 6.04 Å². The highest BCUT2D eigenvalue weighted by Gasteiger charge is 2.36. The van der Waals surface area contributed by atoms with Crippen molar-refractivity contribution < 1.29 is 9.59 Å². The van der Waals surface area contributed by atoms with E-state index in [-0.39, 0.29) is 23.8 Å². The van der Waals surface area contributed by atoms with E-state index in [1.165, 1.54) is 11.1 Å². The average Bonchev–Trinajstić information content (AvgIpc) is 2.99. The molecule has 2 unspecified atom stereocenters. The van der Waals surface area contributed by atoms with E-state index in [9.17, 15) is 9.59 Å². The molecule has 2 saturated heterocycles. The van der Waals surface area contributed by atoms with E-state index in [1.807, 2.05) is 11.9 Å². The molecule has 0 aliphatic carbocycles. The number of benzene rings is 1. The molecule has 0 bridgehead atoms. The molecule has 2 fully saturated rings. The molecule has 0 N–H and O–H groups in total. The number of carbonyl (C=O) groups excluding carboxylic acids is 2. The number of rotatable bonds is 2. The van der Waals surface area contributed by atoms with Crippen LogP contribution in [-0.2, 0) is 9.59 Å². The molecule has 4 heteroatoms. The lowest BCUT2D eigenvalue weighted by Gasteiger charge is -2.33. The Morgan fingerprint density at radius 2 is 2.05 bits per heavy atom. The maximum atomic E-state index is 12.9. The van der Waals surface area contributed by atoms with E-state index in [4.69, 9.17) is 0 Å². The van der Waals surface area contributed by atoms with Gasteiger partial charge in [0.1, 0.15) is 0 Å². The van der Waals surface area contributed by atoms with E-state index in [2.05, 4.69) is 31.2 Å². The summed E-state index contributed by atoms with van der Waals surface area (Å²) < 4.78 is 0. The summed E-state index contributed by atoms with van der Waals surface area (Å²) in [5.74, 6) is 0.135. The molecule has 1 aromatic rings. The minimum atomic E-state index is -0.130. The third-order valence-corrected chi connectivity index (χ3v) is 4.97. The van der Waals surface area contributed by atoms with Crippen LogP contribution in [0.15, 0.2) is 24.3 Å². The standard InChI is InChI=1S/C18H24N2O2/c1-13-5-3-6-14(11-13)16-7-4-9-20(16)18(22)15-8-10-19(2)17(21)12-15/h3,5-6,11,15-16H,4,7-10,12H2,1-2H3. The molecule has 0 radical (unpaired) electrons. The fourth-order valence-corrected chi connectivity index (χ4v) is 3.64. The third kappa shape index (κ3) is 2.87. The maximum Gasteiger partial charge on any atom is 0.226 e. The summed E-state index contributed by atoms with van der Waals surface area (Å²) in [4.78, 5) is 28.5. The van der Waals surface area contributed by atoms with Gasteiger partial charge in [0.2, 0.25) is 11.8 Å². The number of aryl methyl sites for hydroxylation is 1. The topological polar surface area (TPSA) is 40.6 Å². The van der Waals surface area contributed by atoms with Crippen molar-refractivity contribution in [2.24, 2.45) is 5.92 Å². The van der Waals surface area contributed by atoms with Gasteiger partial charge in [0.25, 0.3) is 0 Å². The van der Waals surface area contributed by atoms with Crippen molar-refractivity contribution in [1.82, 2.24) is 9.80 Å². The smallest absolute Gasteiger partial charge is 0.226 e. The Balaban J connectivity index is 1.75. The van der Waals surface area contributed by atoms with Crippen LogP contribution in [0, 0.1) is 12.8 Å². The molecule has 118 valence electrons. The summed E-state index contributed by atoms with van der Waals surface area (Å²) in [5, 5.41) is 0. The minimum Gasteiger partial charge on any atom is -0.346 e. The molecule has 0 aromatic heterocycles. The zero-order valence-electron chi connectivity index (χ0n) is 13.4. The first kappa shape index (κ1) is 15.1. The van der Waals surface area contributed by atoms with Crippen molar-refractivity contribution in [3.8, 4) is 0 Å². The molecule has 0 spiro atoms. The fourth-order valence-electron chi connectivity index (χ4n) is 3.64.